The van der Waals surface area contributed by atoms with Gasteiger partial charge in [0.1, 0.15) is 0 Å². The molecule has 0 spiro atoms. The Morgan fingerprint density at radius 2 is 1.85 bits per heavy atom. The van der Waals surface area contributed by atoms with Crippen LogP contribution in [0.4, 0.5) is 0 Å². The molecule has 0 bridgehead atoms. The predicted octanol–water partition coefficient (Wildman–Crippen LogP) is 4.08. The molecule has 0 radical (unpaired) electrons. The minimum Gasteiger partial charge on any atom is -0.350 e. The number of rotatable bonds is 4. The fourth-order valence-corrected chi connectivity index (χ4v) is 4.13. The van der Waals surface area contributed by atoms with E-state index in [2.05, 4.69) is 30.7 Å². The highest BCUT2D eigenvalue weighted by molar-refractivity contribution is 5.98. The standard InChI is InChI=1S/C18H25NO/c1-18(2)9-16-14(17(20)10-18)7-8-19(16)11-15(12-3-4-12)13-5-6-13/h7-8,12-13,15H,3-6,9-11H2,1-2H3. The number of hydrogen-bond acceptors (Lipinski definition) is 1. The second kappa shape index (κ2) is 4.22. The number of aromatic nitrogens is 1. The first kappa shape index (κ1) is 12.7. The second-order valence-electron chi connectivity index (χ2n) is 8.11. The number of carbonyl (C=O) groups is 1. The molecule has 0 saturated heterocycles. The first-order valence-electron chi connectivity index (χ1n) is 8.25. The van der Waals surface area contributed by atoms with Crippen LogP contribution >= 0.6 is 0 Å². The molecular weight excluding hydrogens is 246 g/mol. The van der Waals surface area contributed by atoms with Crippen LogP contribution in [-0.4, -0.2) is 10.4 Å². The summed E-state index contributed by atoms with van der Waals surface area (Å²) >= 11 is 0. The molecule has 0 N–H and O–H groups in total. The summed E-state index contributed by atoms with van der Waals surface area (Å²) in [5.74, 6) is 3.19. The Morgan fingerprint density at radius 1 is 1.20 bits per heavy atom. The van der Waals surface area contributed by atoms with Gasteiger partial charge in [0.2, 0.25) is 0 Å². The summed E-state index contributed by atoms with van der Waals surface area (Å²) in [7, 11) is 0. The van der Waals surface area contributed by atoms with Gasteiger partial charge in [-0.1, -0.05) is 13.8 Å². The lowest BCUT2D eigenvalue weighted by molar-refractivity contribution is 0.0909. The van der Waals surface area contributed by atoms with Gasteiger partial charge in [-0.15, -0.1) is 0 Å². The Hall–Kier alpha value is -1.05. The number of nitrogens with zero attached hydrogens (tertiary/aromatic N) is 1. The van der Waals surface area contributed by atoms with Crippen molar-refractivity contribution >= 4 is 5.78 Å². The van der Waals surface area contributed by atoms with Crippen LogP contribution in [0.1, 0.15) is 62.0 Å². The quantitative estimate of drug-likeness (QED) is 0.808. The molecule has 3 aliphatic carbocycles. The Labute approximate surface area is 121 Å². The van der Waals surface area contributed by atoms with E-state index >= 15 is 0 Å². The number of hydrogen-bond donors (Lipinski definition) is 0. The first-order chi connectivity index (χ1) is 9.53. The monoisotopic (exact) mass is 271 g/mol. The van der Waals surface area contributed by atoms with Gasteiger partial charge in [0.25, 0.3) is 0 Å². The molecule has 20 heavy (non-hydrogen) atoms. The molecule has 1 aromatic heterocycles. The van der Waals surface area contributed by atoms with Crippen LogP contribution in [0.2, 0.25) is 0 Å². The molecule has 108 valence electrons. The van der Waals surface area contributed by atoms with Gasteiger partial charge < -0.3 is 4.57 Å². The van der Waals surface area contributed by atoms with E-state index in [1.807, 2.05) is 0 Å². The largest absolute Gasteiger partial charge is 0.350 e. The van der Waals surface area contributed by atoms with Crippen molar-refractivity contribution in [3.05, 3.63) is 23.5 Å². The topological polar surface area (TPSA) is 22.0 Å². The third kappa shape index (κ3) is 2.23. The van der Waals surface area contributed by atoms with Gasteiger partial charge in [0.05, 0.1) is 0 Å². The molecule has 2 nitrogen and oxygen atoms in total. The predicted molar refractivity (Wildman–Crippen MR) is 79.8 cm³/mol. The van der Waals surface area contributed by atoms with Gasteiger partial charge in [-0.25, -0.2) is 0 Å². The maximum Gasteiger partial charge on any atom is 0.165 e. The van der Waals surface area contributed by atoms with Crippen LogP contribution in [0, 0.1) is 23.2 Å². The third-order valence-corrected chi connectivity index (χ3v) is 5.53. The van der Waals surface area contributed by atoms with E-state index in [0.717, 1.165) is 36.3 Å². The maximum absolute atomic E-state index is 12.3. The molecule has 2 saturated carbocycles. The van der Waals surface area contributed by atoms with E-state index in [1.54, 1.807) is 0 Å². The molecule has 2 heteroatoms. The zero-order chi connectivity index (χ0) is 13.9. The average molecular weight is 271 g/mol. The molecular formula is C18H25NO. The minimum atomic E-state index is 0.134. The average Bonchev–Trinajstić information content (AvgIpc) is 3.24. The van der Waals surface area contributed by atoms with Crippen molar-refractivity contribution in [2.45, 2.75) is 58.9 Å². The number of fused-ring (bicyclic) bond motifs is 1. The van der Waals surface area contributed by atoms with E-state index in [9.17, 15) is 4.79 Å². The summed E-state index contributed by atoms with van der Waals surface area (Å²) in [6.45, 7) is 5.61. The van der Waals surface area contributed by atoms with Crippen molar-refractivity contribution in [1.82, 2.24) is 4.57 Å². The van der Waals surface area contributed by atoms with Crippen molar-refractivity contribution in [2.24, 2.45) is 23.2 Å². The molecule has 0 aliphatic heterocycles. The van der Waals surface area contributed by atoms with Crippen molar-refractivity contribution < 1.29 is 4.79 Å². The summed E-state index contributed by atoms with van der Waals surface area (Å²) in [5.41, 5.74) is 2.46. The fourth-order valence-electron chi connectivity index (χ4n) is 4.13. The SMILES string of the molecule is CC1(C)CC(=O)c2ccn(CC(C3CC3)C3CC3)c2C1. The molecule has 0 atom stereocenters. The lowest BCUT2D eigenvalue weighted by Crippen LogP contribution is -2.29. The molecule has 2 fully saturated rings. The van der Waals surface area contributed by atoms with Gasteiger partial charge in [-0.05, 0) is 61.3 Å². The molecule has 1 aromatic rings. The summed E-state index contributed by atoms with van der Waals surface area (Å²) in [6, 6.07) is 2.07. The molecule has 0 aromatic carbocycles. The van der Waals surface area contributed by atoms with Crippen molar-refractivity contribution in [3.63, 3.8) is 0 Å². The van der Waals surface area contributed by atoms with E-state index in [1.165, 1.54) is 31.4 Å². The highest BCUT2D eigenvalue weighted by Crippen LogP contribution is 2.50. The third-order valence-electron chi connectivity index (χ3n) is 5.53. The Bertz CT molecular complexity index is 534. The molecule has 4 rings (SSSR count). The zero-order valence-electron chi connectivity index (χ0n) is 12.7. The zero-order valence-corrected chi connectivity index (χ0v) is 12.7. The number of carbonyl (C=O) groups excluding carboxylic acids is 1. The van der Waals surface area contributed by atoms with E-state index in [4.69, 9.17) is 0 Å². The van der Waals surface area contributed by atoms with Crippen molar-refractivity contribution in [1.29, 1.82) is 0 Å². The molecule has 3 aliphatic rings. The van der Waals surface area contributed by atoms with E-state index in [-0.39, 0.29) is 5.41 Å². The number of ketones is 1. The summed E-state index contributed by atoms with van der Waals surface area (Å²) < 4.78 is 2.43. The highest BCUT2D eigenvalue weighted by atomic mass is 16.1. The maximum atomic E-state index is 12.3. The van der Waals surface area contributed by atoms with Crippen LogP contribution in [0.25, 0.3) is 0 Å². The van der Waals surface area contributed by atoms with Gasteiger partial charge in [-0.2, -0.15) is 0 Å². The van der Waals surface area contributed by atoms with E-state index in [0.29, 0.717) is 12.2 Å². The second-order valence-corrected chi connectivity index (χ2v) is 8.11. The number of Topliss-reactive ketones (excluding diaryl/α,β-unsaturated/α-hetero) is 1. The summed E-state index contributed by atoms with van der Waals surface area (Å²) in [4.78, 5) is 12.3. The van der Waals surface area contributed by atoms with Crippen LogP contribution in [0.15, 0.2) is 12.3 Å². The molecule has 1 heterocycles. The Balaban J connectivity index is 1.61. The van der Waals surface area contributed by atoms with Gasteiger partial charge in [0.15, 0.2) is 5.78 Å². The van der Waals surface area contributed by atoms with Gasteiger partial charge in [-0.3, -0.25) is 4.79 Å². The lowest BCUT2D eigenvalue weighted by atomic mass is 9.76. The van der Waals surface area contributed by atoms with Gasteiger partial charge in [0, 0.05) is 30.4 Å². The highest BCUT2D eigenvalue weighted by Gasteiger charge is 2.42. The fraction of sp³-hybridized carbons (Fsp3) is 0.722. The first-order valence-corrected chi connectivity index (χ1v) is 8.25. The van der Waals surface area contributed by atoms with Crippen LogP contribution in [0.3, 0.4) is 0 Å². The van der Waals surface area contributed by atoms with Crippen LogP contribution < -0.4 is 0 Å². The van der Waals surface area contributed by atoms with Crippen molar-refractivity contribution in [3.8, 4) is 0 Å². The van der Waals surface area contributed by atoms with Crippen molar-refractivity contribution in [2.75, 3.05) is 0 Å². The van der Waals surface area contributed by atoms with Crippen LogP contribution in [0.5, 0.6) is 0 Å². The lowest BCUT2D eigenvalue weighted by Gasteiger charge is -2.30. The van der Waals surface area contributed by atoms with Gasteiger partial charge >= 0.3 is 0 Å². The summed E-state index contributed by atoms with van der Waals surface area (Å²) in [6.07, 6.45) is 9.71. The van der Waals surface area contributed by atoms with Crippen LogP contribution in [-0.2, 0) is 13.0 Å². The Morgan fingerprint density at radius 3 is 2.45 bits per heavy atom. The Kier molecular flexibility index (Phi) is 2.68. The summed E-state index contributed by atoms with van der Waals surface area (Å²) in [5, 5.41) is 0. The normalized spacial score (nSPS) is 25.1. The smallest absolute Gasteiger partial charge is 0.165 e. The molecule has 0 unspecified atom stereocenters. The minimum absolute atomic E-state index is 0.134. The van der Waals surface area contributed by atoms with E-state index < -0.39 is 0 Å². The molecule has 0 amide bonds.